The molecular weight excluding hydrogens is 286 g/mol. The quantitative estimate of drug-likeness (QED) is 0.806. The number of benzene rings is 2. The first-order valence-electron chi connectivity index (χ1n) is 8.13. The highest BCUT2D eigenvalue weighted by Crippen LogP contribution is 2.30. The molecule has 0 saturated heterocycles. The van der Waals surface area contributed by atoms with Crippen LogP contribution in [-0.2, 0) is 20.1 Å². The average molecular weight is 307 g/mol. The van der Waals surface area contributed by atoms with Crippen molar-refractivity contribution in [1.29, 1.82) is 0 Å². The van der Waals surface area contributed by atoms with Crippen molar-refractivity contribution in [1.82, 2.24) is 14.5 Å². The summed E-state index contributed by atoms with van der Waals surface area (Å²) in [7, 11) is 2.09. The van der Waals surface area contributed by atoms with E-state index in [9.17, 15) is 0 Å². The van der Waals surface area contributed by atoms with Gasteiger partial charge in [0.15, 0.2) is 0 Å². The predicted molar refractivity (Wildman–Crippen MR) is 92.0 cm³/mol. The molecule has 2 heterocycles. The Morgan fingerprint density at radius 2 is 1.83 bits per heavy atom. The lowest BCUT2D eigenvalue weighted by molar-refractivity contribution is 0.226. The van der Waals surface area contributed by atoms with E-state index < -0.39 is 0 Å². The summed E-state index contributed by atoms with van der Waals surface area (Å²) in [5, 5.41) is 9.00. The van der Waals surface area contributed by atoms with Crippen LogP contribution in [0.2, 0.25) is 0 Å². The lowest BCUT2D eigenvalue weighted by Crippen LogP contribution is -2.18. The van der Waals surface area contributed by atoms with Gasteiger partial charge in [-0.1, -0.05) is 30.3 Å². The molecule has 3 aromatic rings. The fourth-order valence-corrected chi connectivity index (χ4v) is 3.45. The van der Waals surface area contributed by atoms with Gasteiger partial charge in [0.2, 0.25) is 0 Å². The van der Waals surface area contributed by atoms with Crippen molar-refractivity contribution in [2.24, 2.45) is 7.05 Å². The Morgan fingerprint density at radius 3 is 2.57 bits per heavy atom. The number of nitrogens with zero attached hydrogens (tertiary/aromatic N) is 3. The summed E-state index contributed by atoms with van der Waals surface area (Å²) in [6.45, 7) is 3.14. The molecule has 1 N–H and O–H groups in total. The minimum atomic E-state index is 0.261. The van der Waals surface area contributed by atoms with Crippen LogP contribution in [0.3, 0.4) is 0 Å². The average Bonchev–Trinajstić information content (AvgIpc) is 3.12. The van der Waals surface area contributed by atoms with E-state index in [1.165, 1.54) is 16.6 Å². The van der Waals surface area contributed by atoms with Crippen molar-refractivity contribution < 1.29 is 5.11 Å². The Labute approximate surface area is 136 Å². The zero-order valence-corrected chi connectivity index (χ0v) is 13.4. The number of fused-ring (bicyclic) bond motifs is 2. The molecule has 118 valence electrons. The Bertz CT molecular complexity index is 839. The minimum Gasteiger partial charge on any atom is -0.396 e. The lowest BCUT2D eigenvalue weighted by atomic mass is 10.1. The molecule has 1 aliphatic heterocycles. The number of imidazole rings is 1. The van der Waals surface area contributed by atoms with Crippen LogP contribution in [0.25, 0.3) is 22.4 Å². The molecule has 1 aromatic heterocycles. The second-order valence-corrected chi connectivity index (χ2v) is 6.26. The first-order valence-corrected chi connectivity index (χ1v) is 8.13. The van der Waals surface area contributed by atoms with Gasteiger partial charge in [0.25, 0.3) is 0 Å². The monoisotopic (exact) mass is 307 g/mol. The molecule has 23 heavy (non-hydrogen) atoms. The molecule has 0 bridgehead atoms. The first kappa shape index (κ1) is 14.4. The van der Waals surface area contributed by atoms with Crippen molar-refractivity contribution in [2.45, 2.75) is 19.5 Å². The maximum Gasteiger partial charge on any atom is 0.140 e. The Kier molecular flexibility index (Phi) is 3.63. The first-order chi connectivity index (χ1) is 11.3. The molecule has 0 saturated carbocycles. The molecule has 2 aromatic carbocycles. The lowest BCUT2D eigenvalue weighted by Gasteiger charge is -2.12. The standard InChI is InChI=1S/C19H21N3O/c1-21-18-11-16-13-22(8-5-9-23)12-15(16)10-17(18)20-19(21)14-6-3-2-4-7-14/h2-4,6-7,10-11,23H,5,8-9,12-13H2,1H3. The van der Waals surface area contributed by atoms with Gasteiger partial charge < -0.3 is 9.67 Å². The smallest absolute Gasteiger partial charge is 0.140 e. The van der Waals surface area contributed by atoms with Gasteiger partial charge in [0, 0.05) is 38.9 Å². The van der Waals surface area contributed by atoms with Crippen LogP contribution in [0.1, 0.15) is 17.5 Å². The van der Waals surface area contributed by atoms with Gasteiger partial charge >= 0.3 is 0 Å². The van der Waals surface area contributed by atoms with Crippen LogP contribution in [0, 0.1) is 0 Å². The topological polar surface area (TPSA) is 41.3 Å². The zero-order chi connectivity index (χ0) is 15.8. The van der Waals surface area contributed by atoms with Crippen LogP contribution >= 0.6 is 0 Å². The molecule has 1 aliphatic rings. The summed E-state index contributed by atoms with van der Waals surface area (Å²) < 4.78 is 2.18. The molecular formula is C19H21N3O. The third-order valence-corrected chi connectivity index (χ3v) is 4.65. The molecule has 0 atom stereocenters. The van der Waals surface area contributed by atoms with Gasteiger partial charge in [-0.15, -0.1) is 0 Å². The predicted octanol–water partition coefficient (Wildman–Crippen LogP) is 2.94. The van der Waals surface area contributed by atoms with E-state index >= 15 is 0 Å². The largest absolute Gasteiger partial charge is 0.396 e. The Balaban J connectivity index is 1.72. The van der Waals surface area contributed by atoms with Crippen LogP contribution in [0.5, 0.6) is 0 Å². The number of hydrogen-bond acceptors (Lipinski definition) is 3. The van der Waals surface area contributed by atoms with E-state index in [0.717, 1.165) is 43.0 Å². The normalized spacial score (nSPS) is 14.5. The molecule has 4 heteroatoms. The molecule has 4 nitrogen and oxygen atoms in total. The third-order valence-electron chi connectivity index (χ3n) is 4.65. The van der Waals surface area contributed by atoms with Gasteiger partial charge in [-0.2, -0.15) is 0 Å². The van der Waals surface area contributed by atoms with E-state index in [0.29, 0.717) is 0 Å². The summed E-state index contributed by atoms with van der Waals surface area (Å²) in [4.78, 5) is 7.24. The van der Waals surface area contributed by atoms with Gasteiger partial charge in [0.1, 0.15) is 5.82 Å². The van der Waals surface area contributed by atoms with Gasteiger partial charge in [-0.05, 0) is 29.7 Å². The number of hydrogen-bond donors (Lipinski definition) is 1. The SMILES string of the molecule is Cn1c(-c2ccccc2)nc2cc3c(cc21)CN(CCCO)C3. The highest BCUT2D eigenvalue weighted by Gasteiger charge is 2.21. The maximum absolute atomic E-state index is 9.00. The van der Waals surface area contributed by atoms with E-state index in [2.05, 4.69) is 40.8 Å². The maximum atomic E-state index is 9.00. The Morgan fingerprint density at radius 1 is 1.09 bits per heavy atom. The summed E-state index contributed by atoms with van der Waals surface area (Å²) in [5.41, 5.74) is 6.16. The number of rotatable bonds is 4. The third kappa shape index (κ3) is 2.54. The summed E-state index contributed by atoms with van der Waals surface area (Å²) >= 11 is 0. The number of aromatic nitrogens is 2. The fourth-order valence-electron chi connectivity index (χ4n) is 3.45. The van der Waals surface area contributed by atoms with Gasteiger partial charge in [-0.25, -0.2) is 4.98 Å². The van der Waals surface area contributed by atoms with Crippen LogP contribution < -0.4 is 0 Å². The highest BCUT2D eigenvalue weighted by atomic mass is 16.3. The summed E-state index contributed by atoms with van der Waals surface area (Å²) in [6, 6.07) is 14.8. The zero-order valence-electron chi connectivity index (χ0n) is 13.4. The molecule has 0 spiro atoms. The summed E-state index contributed by atoms with van der Waals surface area (Å²) in [5.74, 6) is 1.02. The minimum absolute atomic E-state index is 0.261. The van der Waals surface area contributed by atoms with E-state index in [1.54, 1.807) is 0 Å². The molecule has 0 aliphatic carbocycles. The van der Waals surface area contributed by atoms with Crippen LogP contribution in [0.15, 0.2) is 42.5 Å². The molecule has 0 radical (unpaired) electrons. The summed E-state index contributed by atoms with van der Waals surface area (Å²) in [6.07, 6.45) is 0.837. The van der Waals surface area contributed by atoms with Crippen molar-refractivity contribution in [3.05, 3.63) is 53.6 Å². The second-order valence-electron chi connectivity index (χ2n) is 6.26. The highest BCUT2D eigenvalue weighted by molar-refractivity contribution is 5.82. The fraction of sp³-hybridized carbons (Fsp3) is 0.316. The van der Waals surface area contributed by atoms with E-state index in [4.69, 9.17) is 10.1 Å². The molecule has 4 rings (SSSR count). The molecule has 0 unspecified atom stereocenters. The van der Waals surface area contributed by atoms with Crippen molar-refractivity contribution in [3.8, 4) is 11.4 Å². The van der Waals surface area contributed by atoms with Crippen molar-refractivity contribution >= 4 is 11.0 Å². The molecule has 0 amide bonds. The number of aliphatic hydroxyl groups excluding tert-OH is 1. The second kappa shape index (κ2) is 5.80. The van der Waals surface area contributed by atoms with Gasteiger partial charge in [0.05, 0.1) is 11.0 Å². The van der Waals surface area contributed by atoms with Crippen LogP contribution in [-0.4, -0.2) is 32.7 Å². The Hall–Kier alpha value is -2.17. The molecule has 0 fully saturated rings. The van der Waals surface area contributed by atoms with Gasteiger partial charge in [-0.3, -0.25) is 4.90 Å². The van der Waals surface area contributed by atoms with Crippen molar-refractivity contribution in [2.75, 3.05) is 13.2 Å². The van der Waals surface area contributed by atoms with Crippen molar-refractivity contribution in [3.63, 3.8) is 0 Å². The van der Waals surface area contributed by atoms with E-state index in [-0.39, 0.29) is 6.61 Å². The van der Waals surface area contributed by atoms with E-state index in [1.807, 2.05) is 18.2 Å². The van der Waals surface area contributed by atoms with Crippen LogP contribution in [0.4, 0.5) is 0 Å². The number of aliphatic hydroxyl groups is 1. The number of aryl methyl sites for hydroxylation is 1.